The molecular weight excluding hydrogens is 380 g/mol. The fraction of sp³-hybridized carbons (Fsp3) is 0.263. The molecule has 1 saturated heterocycles. The van der Waals surface area contributed by atoms with Crippen molar-refractivity contribution in [3.63, 3.8) is 0 Å². The minimum Gasteiger partial charge on any atom is -0.490 e. The number of sulfonamides is 1. The predicted molar refractivity (Wildman–Crippen MR) is 101 cm³/mol. The van der Waals surface area contributed by atoms with Gasteiger partial charge in [-0.15, -0.1) is 0 Å². The number of pyridine rings is 1. The van der Waals surface area contributed by atoms with E-state index >= 15 is 0 Å². The number of benzene rings is 1. The van der Waals surface area contributed by atoms with Gasteiger partial charge in [0.2, 0.25) is 10.0 Å². The second-order valence-electron chi connectivity index (χ2n) is 6.98. The Kier molecular flexibility index (Phi) is 3.88. The van der Waals surface area contributed by atoms with E-state index in [0.29, 0.717) is 23.5 Å². The first-order valence-electron chi connectivity index (χ1n) is 9.00. The molecule has 0 saturated carbocycles. The van der Waals surface area contributed by atoms with Gasteiger partial charge in [-0.2, -0.15) is 4.31 Å². The summed E-state index contributed by atoms with van der Waals surface area (Å²) in [5.74, 6) is 0.0623. The van der Waals surface area contributed by atoms with Crippen LogP contribution in [0.5, 0.6) is 5.75 Å². The number of imidazole rings is 1. The number of nitrogens with one attached hydrogen (secondary N) is 1. The molecule has 0 aliphatic carbocycles. The number of hydrogen-bond acceptors (Lipinski definition) is 5. The minimum absolute atomic E-state index is 0.171. The molecule has 28 heavy (non-hydrogen) atoms. The van der Waals surface area contributed by atoms with Crippen LogP contribution < -0.4 is 10.1 Å². The van der Waals surface area contributed by atoms with E-state index in [2.05, 4.69) is 10.3 Å². The van der Waals surface area contributed by atoms with E-state index in [1.165, 1.54) is 4.31 Å². The molecule has 2 aliphatic heterocycles. The zero-order valence-electron chi connectivity index (χ0n) is 14.9. The lowest BCUT2D eigenvalue weighted by atomic mass is 10.2. The number of ether oxygens (including phenoxy) is 1. The molecule has 9 heteroatoms. The average Bonchev–Trinajstić information content (AvgIpc) is 3.28. The third-order valence-electron chi connectivity index (χ3n) is 5.16. The zero-order chi connectivity index (χ0) is 19.3. The maximum absolute atomic E-state index is 13.0. The molecule has 4 heterocycles. The normalized spacial score (nSPS) is 23.4. The Balaban J connectivity index is 1.36. The largest absolute Gasteiger partial charge is 0.490 e. The second-order valence-corrected chi connectivity index (χ2v) is 8.84. The van der Waals surface area contributed by atoms with Gasteiger partial charge in [0.1, 0.15) is 28.6 Å². The Labute approximate surface area is 161 Å². The van der Waals surface area contributed by atoms with Crippen LogP contribution in [0.25, 0.3) is 5.65 Å². The Morgan fingerprint density at radius 2 is 2.00 bits per heavy atom. The van der Waals surface area contributed by atoms with Crippen LogP contribution in [-0.2, 0) is 10.0 Å². The first-order chi connectivity index (χ1) is 13.5. The summed E-state index contributed by atoms with van der Waals surface area (Å²) in [4.78, 5) is 17.1. The highest BCUT2D eigenvalue weighted by Gasteiger charge is 2.44. The van der Waals surface area contributed by atoms with Crippen LogP contribution in [0.4, 0.5) is 0 Å². The molecule has 1 amide bonds. The van der Waals surface area contributed by atoms with Crippen molar-refractivity contribution in [2.24, 2.45) is 0 Å². The summed E-state index contributed by atoms with van der Waals surface area (Å²) in [5, 5.41) is 2.92. The average molecular weight is 398 g/mol. The molecule has 8 nitrogen and oxygen atoms in total. The van der Waals surface area contributed by atoms with Crippen molar-refractivity contribution < 1.29 is 17.9 Å². The standard InChI is InChI=1S/C19H18N4O4S/c24-19(15-11-22-8-4-3-7-18(22)21-15)20-13-9-14-12-27-16-5-1-2-6-17(16)28(25,26)23(14)10-13/h1-8,11,13-14H,9-10,12H2,(H,20,24)/t13-,14-/m0/s1. The molecule has 0 unspecified atom stereocenters. The predicted octanol–water partition coefficient (Wildman–Crippen LogP) is 1.29. The Bertz CT molecular complexity index is 1140. The summed E-state index contributed by atoms with van der Waals surface area (Å²) in [5.41, 5.74) is 0.985. The van der Waals surface area contributed by atoms with E-state index in [9.17, 15) is 13.2 Å². The number of carbonyl (C=O) groups is 1. The van der Waals surface area contributed by atoms with E-state index in [1.54, 1.807) is 34.9 Å². The van der Waals surface area contributed by atoms with Gasteiger partial charge in [-0.3, -0.25) is 4.79 Å². The first kappa shape index (κ1) is 17.2. The van der Waals surface area contributed by atoms with Crippen molar-refractivity contribution in [1.29, 1.82) is 0 Å². The van der Waals surface area contributed by atoms with Gasteiger partial charge in [-0.1, -0.05) is 18.2 Å². The van der Waals surface area contributed by atoms with Crippen molar-refractivity contribution >= 4 is 21.6 Å². The number of aromatic nitrogens is 2. The molecule has 2 aliphatic rings. The molecule has 2 aromatic heterocycles. The van der Waals surface area contributed by atoms with Crippen LogP contribution >= 0.6 is 0 Å². The van der Waals surface area contributed by atoms with Crippen LogP contribution in [0.15, 0.2) is 59.8 Å². The fourth-order valence-corrected chi connectivity index (χ4v) is 5.64. The van der Waals surface area contributed by atoms with E-state index in [4.69, 9.17) is 4.74 Å². The lowest BCUT2D eigenvalue weighted by Gasteiger charge is -2.19. The van der Waals surface area contributed by atoms with Crippen LogP contribution in [0.2, 0.25) is 0 Å². The molecule has 2 atom stereocenters. The second kappa shape index (κ2) is 6.32. The molecular formula is C19H18N4O4S. The smallest absolute Gasteiger partial charge is 0.271 e. The van der Waals surface area contributed by atoms with Gasteiger partial charge < -0.3 is 14.5 Å². The number of para-hydroxylation sites is 1. The van der Waals surface area contributed by atoms with Crippen molar-refractivity contribution in [3.05, 3.63) is 60.6 Å². The van der Waals surface area contributed by atoms with Crippen molar-refractivity contribution in [1.82, 2.24) is 19.0 Å². The van der Waals surface area contributed by atoms with Gasteiger partial charge in [-0.25, -0.2) is 13.4 Å². The molecule has 1 aromatic carbocycles. The number of rotatable bonds is 2. The molecule has 1 N–H and O–H groups in total. The highest BCUT2D eigenvalue weighted by atomic mass is 32.2. The maximum atomic E-state index is 13.0. The maximum Gasteiger partial charge on any atom is 0.271 e. The molecule has 1 fully saturated rings. The van der Waals surface area contributed by atoms with E-state index in [0.717, 1.165) is 0 Å². The fourth-order valence-electron chi connectivity index (χ4n) is 3.84. The first-order valence-corrected chi connectivity index (χ1v) is 10.4. The summed E-state index contributed by atoms with van der Waals surface area (Å²) < 4.78 is 35.0. The molecule has 0 spiro atoms. The Morgan fingerprint density at radius 3 is 2.86 bits per heavy atom. The van der Waals surface area contributed by atoms with Crippen molar-refractivity contribution in [3.8, 4) is 5.75 Å². The molecule has 0 bridgehead atoms. The highest BCUT2D eigenvalue weighted by Crippen LogP contribution is 2.35. The number of amides is 1. The van der Waals surface area contributed by atoms with Crippen molar-refractivity contribution in [2.45, 2.75) is 23.4 Å². The summed E-state index contributed by atoms with van der Waals surface area (Å²) in [7, 11) is -3.67. The SMILES string of the molecule is O=C(N[C@H]1C[C@H]2COc3ccccc3S(=O)(=O)N2C1)c1cn2ccccc2n1. The Hall–Kier alpha value is -2.91. The van der Waals surface area contributed by atoms with Crippen LogP contribution in [0.1, 0.15) is 16.9 Å². The van der Waals surface area contributed by atoms with E-state index in [-0.39, 0.29) is 36.0 Å². The summed E-state index contributed by atoms with van der Waals surface area (Å²) in [6.45, 7) is 0.473. The van der Waals surface area contributed by atoms with E-state index < -0.39 is 10.0 Å². The van der Waals surface area contributed by atoms with Gasteiger partial charge in [0, 0.05) is 25.0 Å². The lowest BCUT2D eigenvalue weighted by Crippen LogP contribution is -2.39. The van der Waals surface area contributed by atoms with Gasteiger partial charge in [0.25, 0.3) is 5.91 Å². The third kappa shape index (κ3) is 2.74. The summed E-state index contributed by atoms with van der Waals surface area (Å²) in [6.07, 6.45) is 3.97. The van der Waals surface area contributed by atoms with Gasteiger partial charge in [0.05, 0.1) is 6.04 Å². The third-order valence-corrected chi connectivity index (χ3v) is 7.12. The van der Waals surface area contributed by atoms with Gasteiger partial charge in [-0.05, 0) is 30.7 Å². The Morgan fingerprint density at radius 1 is 1.18 bits per heavy atom. The highest BCUT2D eigenvalue weighted by molar-refractivity contribution is 7.89. The molecule has 3 aromatic rings. The topological polar surface area (TPSA) is 93.0 Å². The minimum atomic E-state index is -3.67. The number of fused-ring (bicyclic) bond motifs is 3. The number of hydrogen-bond donors (Lipinski definition) is 1. The van der Waals surface area contributed by atoms with Gasteiger partial charge >= 0.3 is 0 Å². The molecule has 0 radical (unpaired) electrons. The van der Waals surface area contributed by atoms with Crippen LogP contribution in [0.3, 0.4) is 0 Å². The zero-order valence-corrected chi connectivity index (χ0v) is 15.7. The monoisotopic (exact) mass is 398 g/mol. The summed E-state index contributed by atoms with van der Waals surface area (Å²) in [6, 6.07) is 11.6. The van der Waals surface area contributed by atoms with Crippen LogP contribution in [0, 0.1) is 0 Å². The van der Waals surface area contributed by atoms with Gasteiger partial charge in [0.15, 0.2) is 0 Å². The number of carbonyl (C=O) groups excluding carboxylic acids is 1. The quantitative estimate of drug-likeness (QED) is 0.702. The summed E-state index contributed by atoms with van der Waals surface area (Å²) >= 11 is 0. The van der Waals surface area contributed by atoms with Crippen molar-refractivity contribution in [2.75, 3.05) is 13.2 Å². The van der Waals surface area contributed by atoms with Crippen LogP contribution in [-0.4, -0.2) is 53.3 Å². The lowest BCUT2D eigenvalue weighted by molar-refractivity contribution is 0.0934. The van der Waals surface area contributed by atoms with E-state index in [1.807, 2.05) is 24.4 Å². The molecule has 144 valence electrons. The molecule has 5 rings (SSSR count). The number of nitrogens with zero attached hydrogens (tertiary/aromatic N) is 3.